The fraction of sp³-hybridized carbons (Fsp3) is 0.261. The molecule has 1 amide bonds. The summed E-state index contributed by atoms with van der Waals surface area (Å²) in [6.45, 7) is 0.563. The standard InChI is InChI=1S/C23H24N6O3S/c1-28-13-16-11-15(5-10-19(16)23(30)27-28)21-22(24)25-12-20(26-21)14-3-8-18(9-4-14)33(31,32)29(2)17-6-7-17/h3-5,8-12,17H,6-7,13H2,1-2H3,(H2,24,25)(H,27,30). The minimum atomic E-state index is -3.51. The van der Waals surface area contributed by atoms with Gasteiger partial charge in [-0.05, 0) is 42.7 Å². The maximum Gasteiger partial charge on any atom is 0.265 e. The van der Waals surface area contributed by atoms with Crippen LogP contribution in [0, 0.1) is 0 Å². The van der Waals surface area contributed by atoms with Crippen LogP contribution in [0.5, 0.6) is 0 Å². The van der Waals surface area contributed by atoms with Crippen molar-refractivity contribution in [3.8, 4) is 22.5 Å². The summed E-state index contributed by atoms with van der Waals surface area (Å²) in [6, 6.07) is 12.2. The Morgan fingerprint density at radius 3 is 2.52 bits per heavy atom. The highest BCUT2D eigenvalue weighted by Gasteiger charge is 2.35. The quantitative estimate of drug-likeness (QED) is 0.594. The monoisotopic (exact) mass is 464 g/mol. The zero-order chi connectivity index (χ0) is 23.3. The molecule has 0 saturated heterocycles. The normalized spacial score (nSPS) is 16.5. The first-order valence-corrected chi connectivity index (χ1v) is 12.0. The Morgan fingerprint density at radius 2 is 1.82 bits per heavy atom. The van der Waals surface area contributed by atoms with E-state index in [0.29, 0.717) is 23.5 Å². The predicted octanol–water partition coefficient (Wildman–Crippen LogP) is 2.27. The summed E-state index contributed by atoms with van der Waals surface area (Å²) < 4.78 is 27.0. The molecule has 1 aliphatic carbocycles. The second-order valence-electron chi connectivity index (χ2n) is 8.43. The summed E-state index contributed by atoms with van der Waals surface area (Å²) in [5.74, 6) is 0.123. The molecule has 5 rings (SSSR count). The van der Waals surface area contributed by atoms with E-state index >= 15 is 0 Å². The fourth-order valence-corrected chi connectivity index (χ4v) is 5.39. The summed E-state index contributed by atoms with van der Waals surface area (Å²) >= 11 is 0. The SMILES string of the molecule is CN1Cc2cc(-c3nc(-c4ccc(S(=O)(=O)N(C)C5CC5)cc4)cnc3N)ccc2C(=O)N1. The van der Waals surface area contributed by atoms with Crippen LogP contribution in [0.2, 0.25) is 0 Å². The number of anilines is 1. The van der Waals surface area contributed by atoms with Gasteiger partial charge in [0, 0.05) is 43.4 Å². The van der Waals surface area contributed by atoms with Crippen molar-refractivity contribution in [1.82, 2.24) is 24.7 Å². The van der Waals surface area contributed by atoms with Gasteiger partial charge in [-0.15, -0.1) is 0 Å². The Kier molecular flexibility index (Phi) is 5.15. The lowest BCUT2D eigenvalue weighted by Crippen LogP contribution is -2.43. The highest BCUT2D eigenvalue weighted by Crippen LogP contribution is 2.32. The molecule has 3 aromatic rings. The molecule has 2 aliphatic rings. The summed E-state index contributed by atoms with van der Waals surface area (Å²) in [6.07, 6.45) is 3.38. The van der Waals surface area contributed by atoms with E-state index < -0.39 is 10.0 Å². The van der Waals surface area contributed by atoms with Crippen molar-refractivity contribution in [2.24, 2.45) is 0 Å². The first-order chi connectivity index (χ1) is 15.7. The topological polar surface area (TPSA) is 122 Å². The predicted molar refractivity (Wildman–Crippen MR) is 124 cm³/mol. The summed E-state index contributed by atoms with van der Waals surface area (Å²) in [7, 11) is -0.0859. The molecular formula is C23H24N6O3S. The average molecular weight is 465 g/mol. The van der Waals surface area contributed by atoms with Crippen LogP contribution in [0.3, 0.4) is 0 Å². The number of carbonyl (C=O) groups is 1. The van der Waals surface area contributed by atoms with Gasteiger partial charge < -0.3 is 5.73 Å². The number of sulfonamides is 1. The van der Waals surface area contributed by atoms with E-state index in [1.54, 1.807) is 61.7 Å². The molecule has 0 radical (unpaired) electrons. The van der Waals surface area contributed by atoms with E-state index in [-0.39, 0.29) is 22.7 Å². The maximum absolute atomic E-state index is 12.8. The number of rotatable bonds is 5. The van der Waals surface area contributed by atoms with Crippen LogP contribution in [-0.2, 0) is 16.6 Å². The second kappa shape index (κ2) is 7.91. The van der Waals surface area contributed by atoms with Crippen molar-refractivity contribution in [1.29, 1.82) is 0 Å². The molecule has 1 aromatic heterocycles. The third-order valence-electron chi connectivity index (χ3n) is 6.01. The van der Waals surface area contributed by atoms with Gasteiger partial charge in [0.1, 0.15) is 11.5 Å². The van der Waals surface area contributed by atoms with E-state index in [9.17, 15) is 13.2 Å². The fourth-order valence-electron chi connectivity index (χ4n) is 3.97. The van der Waals surface area contributed by atoms with Crippen molar-refractivity contribution in [3.05, 3.63) is 59.8 Å². The molecule has 1 fully saturated rings. The van der Waals surface area contributed by atoms with Crippen LogP contribution < -0.4 is 11.2 Å². The molecule has 33 heavy (non-hydrogen) atoms. The molecule has 0 atom stereocenters. The van der Waals surface area contributed by atoms with Crippen LogP contribution >= 0.6 is 0 Å². The van der Waals surface area contributed by atoms with Gasteiger partial charge in [-0.2, -0.15) is 4.31 Å². The van der Waals surface area contributed by atoms with E-state index in [2.05, 4.69) is 10.4 Å². The lowest BCUT2D eigenvalue weighted by molar-refractivity contribution is 0.0786. The maximum atomic E-state index is 12.8. The minimum absolute atomic E-state index is 0.0997. The molecule has 1 saturated carbocycles. The Hall–Kier alpha value is -3.34. The second-order valence-corrected chi connectivity index (χ2v) is 10.4. The first-order valence-electron chi connectivity index (χ1n) is 10.6. The molecule has 9 nitrogen and oxygen atoms in total. The number of hydrogen-bond donors (Lipinski definition) is 2. The number of nitrogens with zero attached hydrogens (tertiary/aromatic N) is 4. The zero-order valence-corrected chi connectivity index (χ0v) is 19.1. The number of aromatic nitrogens is 2. The van der Waals surface area contributed by atoms with Crippen molar-refractivity contribution < 1.29 is 13.2 Å². The number of hydrazine groups is 1. The minimum Gasteiger partial charge on any atom is -0.382 e. The molecule has 2 aromatic carbocycles. The van der Waals surface area contributed by atoms with Crippen LogP contribution in [0.4, 0.5) is 5.82 Å². The molecule has 3 N–H and O–H groups in total. The summed E-state index contributed by atoms with van der Waals surface area (Å²) in [5.41, 5.74) is 13.0. The number of benzene rings is 2. The lowest BCUT2D eigenvalue weighted by Gasteiger charge is -2.25. The molecule has 10 heteroatoms. The van der Waals surface area contributed by atoms with Gasteiger partial charge in [-0.1, -0.05) is 18.2 Å². The van der Waals surface area contributed by atoms with Crippen LogP contribution in [0.25, 0.3) is 22.5 Å². The van der Waals surface area contributed by atoms with Crippen LogP contribution in [0.1, 0.15) is 28.8 Å². The number of amides is 1. The highest BCUT2D eigenvalue weighted by molar-refractivity contribution is 7.89. The van der Waals surface area contributed by atoms with Crippen molar-refractivity contribution in [2.45, 2.75) is 30.3 Å². The molecule has 1 aliphatic heterocycles. The summed E-state index contributed by atoms with van der Waals surface area (Å²) in [4.78, 5) is 21.4. The molecular weight excluding hydrogens is 440 g/mol. The molecule has 0 unspecified atom stereocenters. The Morgan fingerprint density at radius 1 is 1.12 bits per heavy atom. The number of nitrogens with two attached hydrogens (primary N) is 1. The van der Waals surface area contributed by atoms with Crippen molar-refractivity contribution >= 4 is 21.7 Å². The first kappa shape index (κ1) is 21.5. The van der Waals surface area contributed by atoms with E-state index in [1.165, 1.54) is 4.31 Å². The number of carbonyl (C=O) groups excluding carboxylic acids is 1. The smallest absolute Gasteiger partial charge is 0.265 e. The third-order valence-corrected chi connectivity index (χ3v) is 7.94. The number of fused-ring (bicyclic) bond motifs is 1. The van der Waals surface area contributed by atoms with E-state index in [1.807, 2.05) is 6.07 Å². The average Bonchev–Trinajstić information content (AvgIpc) is 3.64. The summed E-state index contributed by atoms with van der Waals surface area (Å²) in [5, 5.41) is 1.72. The van der Waals surface area contributed by atoms with Gasteiger partial charge in [0.05, 0.1) is 16.8 Å². The van der Waals surface area contributed by atoms with E-state index in [4.69, 9.17) is 10.7 Å². The third kappa shape index (κ3) is 3.97. The Bertz CT molecular complexity index is 1350. The molecule has 0 bridgehead atoms. The largest absolute Gasteiger partial charge is 0.382 e. The molecule has 0 spiro atoms. The Balaban J connectivity index is 1.47. The number of nitrogens with one attached hydrogen (secondary N) is 1. The van der Waals surface area contributed by atoms with Crippen LogP contribution in [0.15, 0.2) is 53.6 Å². The van der Waals surface area contributed by atoms with E-state index in [0.717, 1.165) is 29.5 Å². The number of nitrogen functional groups attached to an aromatic ring is 1. The van der Waals surface area contributed by atoms with Gasteiger partial charge in [0.2, 0.25) is 10.0 Å². The van der Waals surface area contributed by atoms with Crippen molar-refractivity contribution in [2.75, 3.05) is 19.8 Å². The highest BCUT2D eigenvalue weighted by atomic mass is 32.2. The molecule has 2 heterocycles. The van der Waals surface area contributed by atoms with Gasteiger partial charge >= 0.3 is 0 Å². The Labute approximate surface area is 192 Å². The van der Waals surface area contributed by atoms with Gasteiger partial charge in [0.15, 0.2) is 0 Å². The van der Waals surface area contributed by atoms with Gasteiger partial charge in [0.25, 0.3) is 5.91 Å². The lowest BCUT2D eigenvalue weighted by atomic mass is 10.00. The molecule has 170 valence electrons. The number of hydrogen-bond acceptors (Lipinski definition) is 7. The van der Waals surface area contributed by atoms with Crippen molar-refractivity contribution in [3.63, 3.8) is 0 Å². The van der Waals surface area contributed by atoms with Gasteiger partial charge in [-0.25, -0.2) is 23.4 Å². The van der Waals surface area contributed by atoms with Gasteiger partial charge in [-0.3, -0.25) is 10.2 Å². The van der Waals surface area contributed by atoms with Crippen LogP contribution in [-0.4, -0.2) is 53.7 Å². The zero-order valence-electron chi connectivity index (χ0n) is 18.3.